The summed E-state index contributed by atoms with van der Waals surface area (Å²) in [6.07, 6.45) is 3.08. The summed E-state index contributed by atoms with van der Waals surface area (Å²) in [5, 5.41) is 7.79. The molecule has 0 bridgehead atoms. The van der Waals surface area contributed by atoms with E-state index in [-0.39, 0.29) is 0 Å². The highest BCUT2D eigenvalue weighted by Gasteiger charge is 1.98. The van der Waals surface area contributed by atoms with Gasteiger partial charge in [0.2, 0.25) is 0 Å². The molecule has 0 amide bonds. The fourth-order valence-corrected chi connectivity index (χ4v) is 1.76. The van der Waals surface area contributed by atoms with Crippen LogP contribution < -0.4 is 5.32 Å². The lowest BCUT2D eigenvalue weighted by Gasteiger charge is -2.02. The first-order valence-corrected chi connectivity index (χ1v) is 6.15. The van der Waals surface area contributed by atoms with Crippen LogP contribution >= 0.6 is 0 Å². The van der Waals surface area contributed by atoms with Crippen LogP contribution in [0.15, 0.2) is 42.6 Å². The number of aromatic nitrogens is 2. The van der Waals surface area contributed by atoms with Gasteiger partial charge in [0, 0.05) is 19.3 Å². The number of hydrogen-bond donors (Lipinski definition) is 1. The second-order valence-corrected chi connectivity index (χ2v) is 4.09. The van der Waals surface area contributed by atoms with Gasteiger partial charge in [0.15, 0.2) is 0 Å². The van der Waals surface area contributed by atoms with Crippen LogP contribution in [0.25, 0.3) is 0 Å². The molecule has 2 aromatic rings. The van der Waals surface area contributed by atoms with Gasteiger partial charge in [-0.2, -0.15) is 5.10 Å². The van der Waals surface area contributed by atoms with Crippen LogP contribution in [0.2, 0.25) is 0 Å². The van der Waals surface area contributed by atoms with E-state index < -0.39 is 0 Å². The minimum Gasteiger partial charge on any atom is -0.311 e. The third-order valence-corrected chi connectivity index (χ3v) is 2.72. The summed E-state index contributed by atoms with van der Waals surface area (Å²) in [6.45, 7) is 4.88. The van der Waals surface area contributed by atoms with Gasteiger partial charge < -0.3 is 5.32 Å². The van der Waals surface area contributed by atoms with Crippen molar-refractivity contribution >= 4 is 0 Å². The molecule has 0 unspecified atom stereocenters. The molecule has 0 saturated carbocycles. The van der Waals surface area contributed by atoms with Crippen molar-refractivity contribution in [2.75, 3.05) is 6.54 Å². The average molecular weight is 229 g/mol. The van der Waals surface area contributed by atoms with E-state index >= 15 is 0 Å². The average Bonchev–Trinajstić information content (AvgIpc) is 2.83. The Bertz CT molecular complexity index is 434. The molecule has 1 aromatic heterocycles. The maximum absolute atomic E-state index is 4.52. The minimum atomic E-state index is 0.856. The smallest absolute Gasteiger partial charge is 0.0762 e. The largest absolute Gasteiger partial charge is 0.311 e. The van der Waals surface area contributed by atoms with Crippen molar-refractivity contribution < 1.29 is 0 Å². The molecule has 3 nitrogen and oxygen atoms in total. The van der Waals surface area contributed by atoms with Gasteiger partial charge in [-0.05, 0) is 24.6 Å². The normalized spacial score (nSPS) is 10.6. The molecule has 0 aliphatic rings. The van der Waals surface area contributed by atoms with Gasteiger partial charge >= 0.3 is 0 Å². The Labute approximate surface area is 102 Å². The molecule has 0 aliphatic carbocycles. The number of nitrogens with zero attached hydrogens (tertiary/aromatic N) is 2. The number of aryl methyl sites for hydroxylation is 2. The fraction of sp³-hybridized carbons (Fsp3) is 0.357. The van der Waals surface area contributed by atoms with E-state index in [4.69, 9.17) is 0 Å². The third-order valence-electron chi connectivity index (χ3n) is 2.72. The summed E-state index contributed by atoms with van der Waals surface area (Å²) in [4.78, 5) is 0. The van der Waals surface area contributed by atoms with Crippen molar-refractivity contribution in [3.63, 3.8) is 0 Å². The summed E-state index contributed by atoms with van der Waals surface area (Å²) in [6, 6.07) is 12.6. The molecule has 90 valence electrons. The van der Waals surface area contributed by atoms with E-state index in [0.29, 0.717) is 0 Å². The summed E-state index contributed by atoms with van der Waals surface area (Å²) >= 11 is 0. The maximum Gasteiger partial charge on any atom is 0.0762 e. The number of benzene rings is 1. The number of hydrogen-bond acceptors (Lipinski definition) is 2. The lowest BCUT2D eigenvalue weighted by atomic mass is 10.2. The summed E-state index contributed by atoms with van der Waals surface area (Å²) in [5.41, 5.74) is 2.47. The Morgan fingerprint density at radius 1 is 1.18 bits per heavy atom. The molecule has 3 heteroatoms. The topological polar surface area (TPSA) is 29.9 Å². The van der Waals surface area contributed by atoms with Gasteiger partial charge in [-0.3, -0.25) is 4.68 Å². The lowest BCUT2D eigenvalue weighted by molar-refractivity contribution is 0.595. The van der Waals surface area contributed by atoms with E-state index in [9.17, 15) is 0 Å². The van der Waals surface area contributed by atoms with Crippen molar-refractivity contribution in [3.05, 3.63) is 53.9 Å². The predicted octanol–water partition coefficient (Wildman–Crippen LogP) is 2.24. The van der Waals surface area contributed by atoms with Gasteiger partial charge in [0.05, 0.1) is 5.69 Å². The number of nitrogens with one attached hydrogen (secondary N) is 1. The summed E-state index contributed by atoms with van der Waals surface area (Å²) in [5.74, 6) is 0. The molecule has 1 N–H and O–H groups in total. The van der Waals surface area contributed by atoms with Crippen LogP contribution in [-0.4, -0.2) is 16.3 Å². The molecule has 1 aromatic carbocycles. The highest BCUT2D eigenvalue weighted by atomic mass is 15.3. The van der Waals surface area contributed by atoms with E-state index in [0.717, 1.165) is 31.7 Å². The van der Waals surface area contributed by atoms with Gasteiger partial charge in [-0.25, -0.2) is 0 Å². The summed E-state index contributed by atoms with van der Waals surface area (Å²) < 4.78 is 2.01. The molecule has 0 fully saturated rings. The Morgan fingerprint density at radius 3 is 2.76 bits per heavy atom. The van der Waals surface area contributed by atoms with Crippen molar-refractivity contribution in [2.24, 2.45) is 0 Å². The number of rotatable bonds is 6. The van der Waals surface area contributed by atoms with Gasteiger partial charge in [0.1, 0.15) is 0 Å². The first-order chi connectivity index (χ1) is 8.38. The van der Waals surface area contributed by atoms with Crippen molar-refractivity contribution in [1.82, 2.24) is 15.1 Å². The van der Waals surface area contributed by atoms with E-state index in [1.54, 1.807) is 0 Å². The quantitative estimate of drug-likeness (QED) is 0.823. The third kappa shape index (κ3) is 3.71. The zero-order chi connectivity index (χ0) is 11.9. The molecular formula is C14H19N3. The zero-order valence-corrected chi connectivity index (χ0v) is 10.3. The van der Waals surface area contributed by atoms with Crippen LogP contribution in [0, 0.1) is 0 Å². The predicted molar refractivity (Wildman–Crippen MR) is 69.8 cm³/mol. The second kappa shape index (κ2) is 6.21. The Kier molecular flexibility index (Phi) is 4.33. The molecular weight excluding hydrogens is 210 g/mol. The second-order valence-electron chi connectivity index (χ2n) is 4.09. The van der Waals surface area contributed by atoms with Crippen LogP contribution in [0.4, 0.5) is 0 Å². The monoisotopic (exact) mass is 229 g/mol. The SMILES string of the molecule is CCNCc1ccn(CCc2ccccc2)n1. The van der Waals surface area contributed by atoms with Crippen LogP contribution in [0.5, 0.6) is 0 Å². The lowest BCUT2D eigenvalue weighted by Crippen LogP contribution is -2.12. The van der Waals surface area contributed by atoms with Crippen molar-refractivity contribution in [3.8, 4) is 0 Å². The highest BCUT2D eigenvalue weighted by Crippen LogP contribution is 2.02. The fourth-order valence-electron chi connectivity index (χ4n) is 1.76. The van der Waals surface area contributed by atoms with E-state index in [1.165, 1.54) is 5.56 Å². The van der Waals surface area contributed by atoms with Crippen LogP contribution in [0.3, 0.4) is 0 Å². The van der Waals surface area contributed by atoms with Crippen LogP contribution in [0.1, 0.15) is 18.2 Å². The van der Waals surface area contributed by atoms with Gasteiger partial charge in [-0.1, -0.05) is 37.3 Å². The Balaban J connectivity index is 1.85. The molecule has 2 rings (SSSR count). The van der Waals surface area contributed by atoms with Crippen molar-refractivity contribution in [2.45, 2.75) is 26.4 Å². The Morgan fingerprint density at radius 2 is 2.00 bits per heavy atom. The molecule has 0 aliphatic heterocycles. The molecule has 1 heterocycles. The van der Waals surface area contributed by atoms with Gasteiger partial charge in [0.25, 0.3) is 0 Å². The molecule has 0 atom stereocenters. The first kappa shape index (κ1) is 11.9. The Hall–Kier alpha value is -1.61. The van der Waals surface area contributed by atoms with E-state index in [1.807, 2.05) is 10.7 Å². The summed E-state index contributed by atoms with van der Waals surface area (Å²) in [7, 11) is 0. The molecule has 17 heavy (non-hydrogen) atoms. The maximum atomic E-state index is 4.52. The van der Waals surface area contributed by atoms with Gasteiger partial charge in [-0.15, -0.1) is 0 Å². The molecule has 0 radical (unpaired) electrons. The highest BCUT2D eigenvalue weighted by molar-refractivity contribution is 5.14. The van der Waals surface area contributed by atoms with Crippen molar-refractivity contribution in [1.29, 1.82) is 0 Å². The first-order valence-electron chi connectivity index (χ1n) is 6.15. The zero-order valence-electron chi connectivity index (χ0n) is 10.3. The standard InChI is InChI=1S/C14H19N3/c1-2-15-12-14-9-11-17(16-14)10-8-13-6-4-3-5-7-13/h3-7,9,11,15H,2,8,10,12H2,1H3. The van der Waals surface area contributed by atoms with E-state index in [2.05, 4.69) is 53.9 Å². The minimum absolute atomic E-state index is 0.856. The molecule has 0 saturated heterocycles. The molecule has 0 spiro atoms. The van der Waals surface area contributed by atoms with Crippen LogP contribution in [-0.2, 0) is 19.5 Å².